The Morgan fingerprint density at radius 3 is 2.67 bits per heavy atom. The van der Waals surface area contributed by atoms with Crippen LogP contribution in [0.3, 0.4) is 0 Å². The average Bonchev–Trinajstić information content (AvgIpc) is 2.10. The second-order valence-electron chi connectivity index (χ2n) is 3.28. The Morgan fingerprint density at radius 2 is 2.17 bits per heavy atom. The van der Waals surface area contributed by atoms with E-state index >= 15 is 0 Å². The summed E-state index contributed by atoms with van der Waals surface area (Å²) in [6, 6.07) is 0. The fourth-order valence-corrected chi connectivity index (χ4v) is 1.14. The highest BCUT2D eigenvalue weighted by Gasteiger charge is 2.02. The lowest BCUT2D eigenvalue weighted by Crippen LogP contribution is -2.07. The van der Waals surface area contributed by atoms with Gasteiger partial charge in [-0.15, -0.1) is 0 Å². The highest BCUT2D eigenvalue weighted by Crippen LogP contribution is 2.15. The Labute approximate surface area is 76.6 Å². The van der Waals surface area contributed by atoms with Crippen molar-refractivity contribution in [2.45, 2.75) is 26.2 Å². The maximum absolute atomic E-state index is 3.94. The van der Waals surface area contributed by atoms with Gasteiger partial charge in [-0.3, -0.25) is 0 Å². The molecule has 0 aromatic heterocycles. The molecule has 1 heteroatoms. The number of hydrogen-bond acceptors (Lipinski definition) is 1. The van der Waals surface area contributed by atoms with Gasteiger partial charge in [0.1, 0.15) is 0 Å². The van der Waals surface area contributed by atoms with E-state index in [0.29, 0.717) is 5.92 Å². The molecule has 0 saturated heterocycles. The molecule has 12 heavy (non-hydrogen) atoms. The summed E-state index contributed by atoms with van der Waals surface area (Å²) in [7, 11) is 1.99. The van der Waals surface area contributed by atoms with Crippen molar-refractivity contribution in [1.29, 1.82) is 0 Å². The average molecular weight is 167 g/mol. The van der Waals surface area contributed by atoms with Crippen LogP contribution >= 0.6 is 0 Å². The van der Waals surface area contributed by atoms with E-state index in [1.807, 2.05) is 13.1 Å². The summed E-state index contributed by atoms with van der Waals surface area (Å²) in [5.74, 6) is 0.597. The lowest BCUT2D eigenvalue weighted by molar-refractivity contribution is 0.556. The molecule has 1 N–H and O–H groups in total. The van der Waals surface area contributed by atoms with E-state index in [1.165, 1.54) is 24.8 Å². The zero-order chi connectivity index (χ0) is 9.40. The summed E-state index contributed by atoms with van der Waals surface area (Å²) >= 11 is 0. The summed E-state index contributed by atoms with van der Waals surface area (Å²) < 4.78 is 0. The molecule has 0 aliphatic rings. The van der Waals surface area contributed by atoms with E-state index in [1.54, 1.807) is 0 Å². The Hall–Kier alpha value is -0.560. The van der Waals surface area contributed by atoms with Crippen molar-refractivity contribution in [3.05, 3.63) is 24.8 Å². The molecular weight excluding hydrogens is 146 g/mol. The first-order valence-corrected chi connectivity index (χ1v) is 4.68. The number of hydrogen-bond donors (Lipinski definition) is 1. The molecule has 0 aromatic rings. The molecule has 1 nitrogen and oxygen atoms in total. The second kappa shape index (κ2) is 7.11. The van der Waals surface area contributed by atoms with Crippen LogP contribution < -0.4 is 5.32 Å². The van der Waals surface area contributed by atoms with Crippen molar-refractivity contribution in [1.82, 2.24) is 5.32 Å². The third-order valence-electron chi connectivity index (χ3n) is 2.21. The quantitative estimate of drug-likeness (QED) is 0.454. The molecule has 0 saturated carbocycles. The minimum Gasteiger partial charge on any atom is -0.320 e. The molecule has 1 atom stereocenters. The van der Waals surface area contributed by atoms with Crippen LogP contribution in [0.1, 0.15) is 26.2 Å². The monoisotopic (exact) mass is 167 g/mol. The van der Waals surface area contributed by atoms with Crippen molar-refractivity contribution < 1.29 is 0 Å². The number of nitrogens with one attached hydrogen (secondary N) is 1. The van der Waals surface area contributed by atoms with E-state index in [-0.39, 0.29) is 0 Å². The first-order chi connectivity index (χ1) is 5.72. The van der Waals surface area contributed by atoms with Crippen LogP contribution in [0.25, 0.3) is 0 Å². The first kappa shape index (κ1) is 11.4. The van der Waals surface area contributed by atoms with Gasteiger partial charge in [0.05, 0.1) is 0 Å². The smallest absolute Gasteiger partial charge is 0.00519 e. The van der Waals surface area contributed by atoms with Gasteiger partial charge < -0.3 is 5.32 Å². The van der Waals surface area contributed by atoms with Crippen LogP contribution in [0.15, 0.2) is 24.8 Å². The molecule has 0 rings (SSSR count). The fourth-order valence-electron chi connectivity index (χ4n) is 1.14. The van der Waals surface area contributed by atoms with Gasteiger partial charge in [-0.2, -0.15) is 0 Å². The standard InChI is InChI=1S/C11H21N/c1-5-10(2)11(3)8-6-7-9-12-4/h5,11-12H,1-2,6-9H2,3-4H3. The number of rotatable bonds is 7. The molecule has 0 aliphatic carbocycles. The maximum atomic E-state index is 3.94. The van der Waals surface area contributed by atoms with Gasteiger partial charge in [-0.05, 0) is 32.4 Å². The first-order valence-electron chi connectivity index (χ1n) is 4.68. The predicted octanol–water partition coefficient (Wildman–Crippen LogP) is 2.75. The molecule has 70 valence electrons. The van der Waals surface area contributed by atoms with Crippen LogP contribution in [0.2, 0.25) is 0 Å². The Bertz CT molecular complexity index is 138. The van der Waals surface area contributed by atoms with Gasteiger partial charge in [0, 0.05) is 0 Å². The normalized spacial score (nSPS) is 12.5. The molecular formula is C11H21N. The van der Waals surface area contributed by atoms with Crippen molar-refractivity contribution in [3.63, 3.8) is 0 Å². The van der Waals surface area contributed by atoms with Crippen LogP contribution in [0.4, 0.5) is 0 Å². The molecule has 1 unspecified atom stereocenters. The molecule has 0 aromatic carbocycles. The van der Waals surface area contributed by atoms with E-state index in [0.717, 1.165) is 6.54 Å². The van der Waals surface area contributed by atoms with Gasteiger partial charge in [-0.25, -0.2) is 0 Å². The SMILES string of the molecule is C=CC(=C)C(C)CCCCNC. The zero-order valence-corrected chi connectivity index (χ0v) is 8.40. The third-order valence-corrected chi connectivity index (χ3v) is 2.21. The summed E-state index contributed by atoms with van der Waals surface area (Å²) in [6.07, 6.45) is 5.62. The van der Waals surface area contributed by atoms with Gasteiger partial charge >= 0.3 is 0 Å². The molecule has 0 radical (unpaired) electrons. The third kappa shape index (κ3) is 5.14. The van der Waals surface area contributed by atoms with Crippen LogP contribution in [-0.4, -0.2) is 13.6 Å². The fraction of sp³-hybridized carbons (Fsp3) is 0.636. The molecule has 0 spiro atoms. The van der Waals surface area contributed by atoms with E-state index in [9.17, 15) is 0 Å². The predicted molar refractivity (Wildman–Crippen MR) is 56.3 cm³/mol. The molecule has 0 amide bonds. The van der Waals surface area contributed by atoms with Crippen molar-refractivity contribution >= 4 is 0 Å². The second-order valence-corrected chi connectivity index (χ2v) is 3.28. The topological polar surface area (TPSA) is 12.0 Å². The van der Waals surface area contributed by atoms with Crippen LogP contribution in [0.5, 0.6) is 0 Å². The van der Waals surface area contributed by atoms with Gasteiger partial charge in [-0.1, -0.05) is 38.2 Å². The Morgan fingerprint density at radius 1 is 1.50 bits per heavy atom. The van der Waals surface area contributed by atoms with Crippen molar-refractivity contribution in [2.75, 3.05) is 13.6 Å². The van der Waals surface area contributed by atoms with Crippen LogP contribution in [-0.2, 0) is 0 Å². The van der Waals surface area contributed by atoms with Gasteiger partial charge in [0.25, 0.3) is 0 Å². The van der Waals surface area contributed by atoms with Crippen molar-refractivity contribution in [3.8, 4) is 0 Å². The van der Waals surface area contributed by atoms with Gasteiger partial charge in [0.2, 0.25) is 0 Å². The lowest BCUT2D eigenvalue weighted by atomic mass is 9.96. The summed E-state index contributed by atoms with van der Waals surface area (Å²) in [5, 5.41) is 3.14. The molecule has 0 fully saturated rings. The van der Waals surface area contributed by atoms with E-state index in [4.69, 9.17) is 0 Å². The van der Waals surface area contributed by atoms with Crippen molar-refractivity contribution in [2.24, 2.45) is 5.92 Å². The lowest BCUT2D eigenvalue weighted by Gasteiger charge is -2.10. The highest BCUT2D eigenvalue weighted by molar-refractivity contribution is 5.13. The minimum atomic E-state index is 0.597. The molecule has 0 aliphatic heterocycles. The number of allylic oxidation sites excluding steroid dienone is 2. The summed E-state index contributed by atoms with van der Waals surface area (Å²) in [6.45, 7) is 11.0. The Balaban J connectivity index is 3.37. The van der Waals surface area contributed by atoms with E-state index < -0.39 is 0 Å². The number of unbranched alkanes of at least 4 members (excludes halogenated alkanes) is 1. The van der Waals surface area contributed by atoms with E-state index in [2.05, 4.69) is 25.4 Å². The zero-order valence-electron chi connectivity index (χ0n) is 8.40. The summed E-state index contributed by atoms with van der Waals surface area (Å²) in [5.41, 5.74) is 1.17. The minimum absolute atomic E-state index is 0.597. The van der Waals surface area contributed by atoms with Gasteiger partial charge in [0.15, 0.2) is 0 Å². The van der Waals surface area contributed by atoms with Crippen LogP contribution in [0, 0.1) is 5.92 Å². The summed E-state index contributed by atoms with van der Waals surface area (Å²) in [4.78, 5) is 0. The maximum Gasteiger partial charge on any atom is -0.00519 e. The molecule has 0 bridgehead atoms. The molecule has 0 heterocycles. The highest BCUT2D eigenvalue weighted by atomic mass is 14.8. The largest absolute Gasteiger partial charge is 0.320 e. The Kier molecular flexibility index (Phi) is 6.78.